The fourth-order valence-electron chi connectivity index (χ4n) is 1.71. The maximum atomic E-state index is 10.0. The normalized spacial score (nSPS) is 18.3. The fraction of sp³-hybridized carbons (Fsp3) is 0.917. The van der Waals surface area contributed by atoms with Crippen LogP contribution in [0.2, 0.25) is 0 Å². The number of rotatable bonds is 6. The number of hydrogen-bond donors (Lipinski definition) is 3. The molecule has 94 valence electrons. The molecule has 1 rings (SSSR count). The van der Waals surface area contributed by atoms with Crippen LogP contribution in [0.5, 0.6) is 0 Å². The Bertz CT molecular complexity index is 232. The maximum Gasteiger partial charge on any atom is 0.188 e. The zero-order valence-corrected chi connectivity index (χ0v) is 10.5. The van der Waals surface area contributed by atoms with Gasteiger partial charge in [-0.1, -0.05) is 20.3 Å². The Labute approximate surface area is 98.3 Å². The molecule has 1 saturated carbocycles. The van der Waals surface area contributed by atoms with Crippen molar-refractivity contribution in [3.8, 4) is 0 Å². The Morgan fingerprint density at radius 3 is 2.50 bits per heavy atom. The minimum atomic E-state index is -0.692. The second-order valence-corrected chi connectivity index (χ2v) is 4.81. The zero-order valence-electron chi connectivity index (χ0n) is 10.5. The molecule has 1 aliphatic rings. The van der Waals surface area contributed by atoms with E-state index in [2.05, 4.69) is 10.3 Å². The van der Waals surface area contributed by atoms with Gasteiger partial charge in [-0.2, -0.15) is 0 Å². The third kappa shape index (κ3) is 4.00. The lowest BCUT2D eigenvalue weighted by Gasteiger charge is -2.26. The van der Waals surface area contributed by atoms with Gasteiger partial charge in [-0.25, -0.2) is 0 Å². The molecular formula is C12H25N3O. The maximum absolute atomic E-state index is 10.0. The standard InChI is InChI=1S/C12H25N3O/c1-3-12(16,4-2)9-15-11(13)14-8-10-6-5-7-10/h10,16H,3-9H2,1-2H3,(H3,13,14,15). The minimum Gasteiger partial charge on any atom is -0.388 e. The fourth-order valence-corrected chi connectivity index (χ4v) is 1.71. The highest BCUT2D eigenvalue weighted by molar-refractivity contribution is 5.77. The molecule has 0 radical (unpaired) electrons. The SMILES string of the molecule is CCC(O)(CC)CN=C(N)NCC1CCC1. The number of nitrogens with zero attached hydrogens (tertiary/aromatic N) is 1. The van der Waals surface area contributed by atoms with Crippen molar-refractivity contribution in [2.24, 2.45) is 16.6 Å². The third-order valence-corrected chi connectivity index (χ3v) is 3.66. The molecule has 0 aromatic heterocycles. The van der Waals surface area contributed by atoms with Crippen molar-refractivity contribution in [2.45, 2.75) is 51.6 Å². The molecule has 0 aromatic rings. The van der Waals surface area contributed by atoms with Crippen molar-refractivity contribution in [1.82, 2.24) is 5.32 Å². The van der Waals surface area contributed by atoms with E-state index in [4.69, 9.17) is 5.73 Å². The largest absolute Gasteiger partial charge is 0.388 e. The summed E-state index contributed by atoms with van der Waals surface area (Å²) in [6.45, 7) is 5.25. The smallest absolute Gasteiger partial charge is 0.188 e. The number of nitrogens with two attached hydrogens (primary N) is 1. The molecule has 1 aliphatic carbocycles. The van der Waals surface area contributed by atoms with E-state index < -0.39 is 5.60 Å². The van der Waals surface area contributed by atoms with Crippen molar-refractivity contribution in [2.75, 3.05) is 13.1 Å². The summed E-state index contributed by atoms with van der Waals surface area (Å²) in [6, 6.07) is 0. The first kappa shape index (κ1) is 13.3. The van der Waals surface area contributed by atoms with Crippen LogP contribution in [0.4, 0.5) is 0 Å². The molecule has 0 heterocycles. The second-order valence-electron chi connectivity index (χ2n) is 4.81. The molecule has 1 fully saturated rings. The van der Waals surface area contributed by atoms with Crippen LogP contribution in [0.15, 0.2) is 4.99 Å². The highest BCUT2D eigenvalue weighted by Gasteiger charge is 2.21. The Kier molecular flexibility index (Phi) is 5.06. The van der Waals surface area contributed by atoms with E-state index in [1.165, 1.54) is 19.3 Å². The van der Waals surface area contributed by atoms with Gasteiger partial charge in [-0.05, 0) is 31.6 Å². The summed E-state index contributed by atoms with van der Waals surface area (Å²) in [4.78, 5) is 4.20. The average Bonchev–Trinajstić information content (AvgIpc) is 2.24. The Balaban J connectivity index is 2.25. The van der Waals surface area contributed by atoms with E-state index in [9.17, 15) is 5.11 Å². The van der Waals surface area contributed by atoms with Gasteiger partial charge < -0.3 is 16.2 Å². The molecule has 0 amide bonds. The minimum absolute atomic E-state index is 0.392. The number of guanidine groups is 1. The van der Waals surface area contributed by atoms with Gasteiger partial charge in [0.25, 0.3) is 0 Å². The molecule has 16 heavy (non-hydrogen) atoms. The molecule has 4 heteroatoms. The molecular weight excluding hydrogens is 202 g/mol. The van der Waals surface area contributed by atoms with E-state index in [-0.39, 0.29) is 0 Å². The summed E-state index contributed by atoms with van der Waals surface area (Å²) in [7, 11) is 0. The van der Waals surface area contributed by atoms with E-state index in [0.29, 0.717) is 25.3 Å². The lowest BCUT2D eigenvalue weighted by atomic mass is 9.85. The van der Waals surface area contributed by atoms with E-state index in [1.807, 2.05) is 13.8 Å². The van der Waals surface area contributed by atoms with Crippen molar-refractivity contribution < 1.29 is 5.11 Å². The first-order valence-electron chi connectivity index (χ1n) is 6.36. The van der Waals surface area contributed by atoms with Crippen LogP contribution < -0.4 is 11.1 Å². The van der Waals surface area contributed by atoms with Crippen LogP contribution >= 0.6 is 0 Å². The molecule has 0 saturated heterocycles. The Morgan fingerprint density at radius 1 is 1.44 bits per heavy atom. The van der Waals surface area contributed by atoms with Crippen LogP contribution in [0.3, 0.4) is 0 Å². The second kappa shape index (κ2) is 6.09. The van der Waals surface area contributed by atoms with E-state index >= 15 is 0 Å². The van der Waals surface area contributed by atoms with E-state index in [0.717, 1.165) is 12.5 Å². The van der Waals surface area contributed by atoms with Gasteiger partial charge in [0.15, 0.2) is 5.96 Å². The highest BCUT2D eigenvalue weighted by Crippen LogP contribution is 2.25. The van der Waals surface area contributed by atoms with Crippen LogP contribution in [0, 0.1) is 5.92 Å². The first-order chi connectivity index (χ1) is 7.59. The molecule has 4 N–H and O–H groups in total. The number of hydrogen-bond acceptors (Lipinski definition) is 2. The van der Waals surface area contributed by atoms with Gasteiger partial charge in [-0.3, -0.25) is 4.99 Å². The van der Waals surface area contributed by atoms with Crippen molar-refractivity contribution >= 4 is 5.96 Å². The zero-order chi connectivity index (χ0) is 12.0. The topological polar surface area (TPSA) is 70.6 Å². The summed E-state index contributed by atoms with van der Waals surface area (Å²) >= 11 is 0. The molecule has 0 atom stereocenters. The van der Waals surface area contributed by atoms with Gasteiger partial charge in [-0.15, -0.1) is 0 Å². The Hall–Kier alpha value is -0.770. The number of aliphatic hydroxyl groups is 1. The van der Waals surface area contributed by atoms with Crippen molar-refractivity contribution in [3.05, 3.63) is 0 Å². The molecule has 0 unspecified atom stereocenters. The highest BCUT2D eigenvalue weighted by atomic mass is 16.3. The van der Waals surface area contributed by atoms with Gasteiger partial charge in [0, 0.05) is 6.54 Å². The lowest BCUT2D eigenvalue weighted by molar-refractivity contribution is 0.0418. The predicted octanol–water partition coefficient (Wildman–Crippen LogP) is 1.24. The summed E-state index contributed by atoms with van der Waals surface area (Å²) in [5.41, 5.74) is 5.05. The quantitative estimate of drug-likeness (QED) is 0.472. The molecule has 0 spiro atoms. The summed E-state index contributed by atoms with van der Waals surface area (Å²) in [5.74, 6) is 1.23. The average molecular weight is 227 g/mol. The van der Waals surface area contributed by atoms with Crippen molar-refractivity contribution in [1.29, 1.82) is 0 Å². The lowest BCUT2D eigenvalue weighted by Crippen LogP contribution is -2.39. The summed E-state index contributed by atoms with van der Waals surface area (Å²) < 4.78 is 0. The van der Waals surface area contributed by atoms with Crippen molar-refractivity contribution in [3.63, 3.8) is 0 Å². The summed E-state index contributed by atoms with van der Waals surface area (Å²) in [6.07, 6.45) is 5.36. The van der Waals surface area contributed by atoms with Gasteiger partial charge in [0.2, 0.25) is 0 Å². The predicted molar refractivity (Wildman–Crippen MR) is 67.4 cm³/mol. The molecule has 4 nitrogen and oxygen atoms in total. The molecule has 0 aromatic carbocycles. The van der Waals surface area contributed by atoms with E-state index in [1.54, 1.807) is 0 Å². The molecule has 0 aliphatic heterocycles. The first-order valence-corrected chi connectivity index (χ1v) is 6.36. The van der Waals surface area contributed by atoms with Crippen LogP contribution in [0.1, 0.15) is 46.0 Å². The third-order valence-electron chi connectivity index (χ3n) is 3.66. The molecule has 0 bridgehead atoms. The van der Waals surface area contributed by atoms with Crippen LogP contribution in [-0.2, 0) is 0 Å². The monoisotopic (exact) mass is 227 g/mol. The van der Waals surface area contributed by atoms with Gasteiger partial charge in [0.1, 0.15) is 0 Å². The van der Waals surface area contributed by atoms with Crippen LogP contribution in [-0.4, -0.2) is 29.8 Å². The van der Waals surface area contributed by atoms with Gasteiger partial charge >= 0.3 is 0 Å². The number of aliphatic imine (C=N–C) groups is 1. The summed E-state index contributed by atoms with van der Waals surface area (Å²) in [5, 5.41) is 13.1. The number of nitrogens with one attached hydrogen (secondary N) is 1. The van der Waals surface area contributed by atoms with Crippen LogP contribution in [0.25, 0.3) is 0 Å². The van der Waals surface area contributed by atoms with Gasteiger partial charge in [0.05, 0.1) is 12.1 Å². The Morgan fingerprint density at radius 2 is 2.06 bits per heavy atom.